The second-order valence-electron chi connectivity index (χ2n) is 10.2. The standard InChI is InChI=1S/C38H34NO6/c1-40-31-21-18-26(22-33(31)42-3)37-35(44-5)23-30-32(41-2)24-34(43-4)36(38(30)45-37)25-16-19-29(20-17-25)39(27-12-8-6-9-13-27)28-14-10-7-11-15-28/h6-24H,1-5H3/q+1. The largest absolute Gasteiger partial charge is 0.496 e. The monoisotopic (exact) mass is 600 g/mol. The third kappa shape index (κ3) is 5.56. The zero-order chi connectivity index (χ0) is 31.3. The summed E-state index contributed by atoms with van der Waals surface area (Å²) in [6, 6.07) is 38.4. The van der Waals surface area contributed by atoms with E-state index in [0.717, 1.165) is 39.1 Å². The number of fused-ring (bicyclic) bond motifs is 1. The van der Waals surface area contributed by atoms with Crippen LogP contribution in [0.15, 0.2) is 120 Å². The second kappa shape index (κ2) is 12.9. The van der Waals surface area contributed by atoms with Crippen molar-refractivity contribution in [3.63, 3.8) is 0 Å². The minimum Gasteiger partial charge on any atom is -0.496 e. The molecule has 0 radical (unpaired) electrons. The fourth-order valence-corrected chi connectivity index (χ4v) is 5.53. The molecule has 0 aliphatic carbocycles. The van der Waals surface area contributed by atoms with Gasteiger partial charge in [-0.2, -0.15) is 0 Å². The molecule has 0 saturated heterocycles. The minimum atomic E-state index is 0.526. The Labute approximate surface area is 262 Å². The maximum Gasteiger partial charge on any atom is 0.402 e. The van der Waals surface area contributed by atoms with Crippen LogP contribution >= 0.6 is 0 Å². The quantitative estimate of drug-likeness (QED) is 0.145. The average molecular weight is 601 g/mol. The summed E-state index contributed by atoms with van der Waals surface area (Å²) in [5.41, 5.74) is 6.18. The van der Waals surface area contributed by atoms with E-state index < -0.39 is 0 Å². The third-order valence-electron chi connectivity index (χ3n) is 7.70. The lowest BCUT2D eigenvalue weighted by atomic mass is 9.99. The van der Waals surface area contributed by atoms with Crippen molar-refractivity contribution >= 4 is 28.0 Å². The molecule has 1 heterocycles. The van der Waals surface area contributed by atoms with E-state index in [1.807, 2.05) is 66.7 Å². The van der Waals surface area contributed by atoms with Crippen molar-refractivity contribution in [2.45, 2.75) is 0 Å². The van der Waals surface area contributed by atoms with Gasteiger partial charge in [-0.25, -0.2) is 4.42 Å². The van der Waals surface area contributed by atoms with Crippen molar-refractivity contribution in [2.75, 3.05) is 40.4 Å². The first kappa shape index (κ1) is 29.4. The van der Waals surface area contributed by atoms with Crippen LogP contribution in [0.1, 0.15) is 0 Å². The second-order valence-corrected chi connectivity index (χ2v) is 10.2. The van der Waals surface area contributed by atoms with E-state index in [4.69, 9.17) is 28.1 Å². The summed E-state index contributed by atoms with van der Waals surface area (Å²) in [5, 5.41) is 0.744. The van der Waals surface area contributed by atoms with Gasteiger partial charge in [-0.05, 0) is 54.1 Å². The highest BCUT2D eigenvalue weighted by molar-refractivity contribution is 6.01. The van der Waals surface area contributed by atoms with Gasteiger partial charge in [0, 0.05) is 35.3 Å². The van der Waals surface area contributed by atoms with Gasteiger partial charge < -0.3 is 28.6 Å². The summed E-state index contributed by atoms with van der Waals surface area (Å²) in [6.45, 7) is 0. The number of methoxy groups -OCH3 is 5. The van der Waals surface area contributed by atoms with Gasteiger partial charge in [0.2, 0.25) is 5.75 Å². The highest BCUT2D eigenvalue weighted by atomic mass is 16.5. The number of rotatable bonds is 10. The molecule has 0 spiro atoms. The number of ether oxygens (including phenoxy) is 5. The van der Waals surface area contributed by atoms with Crippen molar-refractivity contribution in [1.82, 2.24) is 0 Å². The molecule has 5 aromatic carbocycles. The molecule has 0 aliphatic rings. The molecule has 0 N–H and O–H groups in total. The molecule has 7 heteroatoms. The first-order valence-electron chi connectivity index (χ1n) is 14.4. The summed E-state index contributed by atoms with van der Waals surface area (Å²) in [5.74, 6) is 3.47. The van der Waals surface area contributed by atoms with E-state index in [0.29, 0.717) is 40.1 Å². The van der Waals surface area contributed by atoms with Crippen LogP contribution in [0.2, 0.25) is 0 Å². The Morgan fingerprint density at radius 3 is 1.53 bits per heavy atom. The zero-order valence-electron chi connectivity index (χ0n) is 25.9. The summed E-state index contributed by atoms with van der Waals surface area (Å²) in [4.78, 5) is 2.22. The van der Waals surface area contributed by atoms with Crippen molar-refractivity contribution in [1.29, 1.82) is 0 Å². The van der Waals surface area contributed by atoms with Gasteiger partial charge in [0.15, 0.2) is 11.5 Å². The summed E-state index contributed by atoms with van der Waals surface area (Å²) in [7, 11) is 8.09. The van der Waals surface area contributed by atoms with Gasteiger partial charge >= 0.3 is 11.3 Å². The van der Waals surface area contributed by atoms with Gasteiger partial charge in [-0.15, -0.1) is 0 Å². The average Bonchev–Trinajstić information content (AvgIpc) is 3.11. The molecule has 45 heavy (non-hydrogen) atoms. The fraction of sp³-hybridized carbons (Fsp3) is 0.132. The van der Waals surface area contributed by atoms with Gasteiger partial charge in [-0.1, -0.05) is 48.5 Å². The maximum absolute atomic E-state index is 6.74. The molecule has 1 aromatic heterocycles. The molecule has 0 unspecified atom stereocenters. The Bertz CT molecular complexity index is 1890. The van der Waals surface area contributed by atoms with E-state index >= 15 is 0 Å². The van der Waals surface area contributed by atoms with Crippen molar-refractivity contribution in [2.24, 2.45) is 0 Å². The smallest absolute Gasteiger partial charge is 0.402 e. The zero-order valence-corrected chi connectivity index (χ0v) is 25.9. The van der Waals surface area contributed by atoms with E-state index in [1.54, 1.807) is 35.5 Å². The van der Waals surface area contributed by atoms with Crippen LogP contribution in [0.5, 0.6) is 28.7 Å². The number of benzene rings is 5. The van der Waals surface area contributed by atoms with E-state index in [2.05, 4.69) is 53.4 Å². The highest BCUT2D eigenvalue weighted by Crippen LogP contribution is 2.47. The Hall–Kier alpha value is -5.69. The maximum atomic E-state index is 6.74. The molecular weight excluding hydrogens is 566 g/mol. The summed E-state index contributed by atoms with van der Waals surface area (Å²) < 4.78 is 35.3. The lowest BCUT2D eigenvalue weighted by Gasteiger charge is -2.25. The van der Waals surface area contributed by atoms with E-state index in [1.165, 1.54) is 0 Å². The van der Waals surface area contributed by atoms with Crippen LogP contribution in [-0.2, 0) is 0 Å². The third-order valence-corrected chi connectivity index (χ3v) is 7.70. The predicted octanol–water partition coefficient (Wildman–Crippen LogP) is 9.56. The molecule has 226 valence electrons. The van der Waals surface area contributed by atoms with Crippen LogP contribution in [0.3, 0.4) is 0 Å². The number of anilines is 3. The molecular formula is C38H34NO6+. The fourth-order valence-electron chi connectivity index (χ4n) is 5.53. The minimum absolute atomic E-state index is 0.526. The molecule has 6 aromatic rings. The number of hydrogen-bond donors (Lipinski definition) is 0. The van der Waals surface area contributed by atoms with E-state index in [9.17, 15) is 0 Å². The molecule has 0 aliphatic heterocycles. The molecule has 0 fully saturated rings. The molecule has 6 rings (SSSR count). The lowest BCUT2D eigenvalue weighted by molar-refractivity contribution is 0.355. The summed E-state index contributed by atoms with van der Waals surface area (Å²) in [6.07, 6.45) is 0. The van der Waals surface area contributed by atoms with Crippen LogP contribution in [0.4, 0.5) is 17.1 Å². The first-order valence-corrected chi connectivity index (χ1v) is 14.4. The molecule has 0 saturated carbocycles. The molecule has 0 atom stereocenters. The Morgan fingerprint density at radius 2 is 0.978 bits per heavy atom. The van der Waals surface area contributed by atoms with Gasteiger partial charge in [0.25, 0.3) is 0 Å². The van der Waals surface area contributed by atoms with Gasteiger partial charge in [0.1, 0.15) is 22.4 Å². The molecule has 0 amide bonds. The number of hydrogen-bond acceptors (Lipinski definition) is 6. The van der Waals surface area contributed by atoms with Crippen LogP contribution < -0.4 is 28.6 Å². The Balaban J connectivity index is 1.54. The van der Waals surface area contributed by atoms with Gasteiger partial charge in [-0.3, -0.25) is 0 Å². The van der Waals surface area contributed by atoms with Crippen molar-refractivity contribution in [3.8, 4) is 51.2 Å². The van der Waals surface area contributed by atoms with Crippen molar-refractivity contribution < 1.29 is 28.1 Å². The normalized spacial score (nSPS) is 10.8. The van der Waals surface area contributed by atoms with Crippen LogP contribution in [-0.4, -0.2) is 35.5 Å². The lowest BCUT2D eigenvalue weighted by Crippen LogP contribution is -2.09. The predicted molar refractivity (Wildman–Crippen MR) is 179 cm³/mol. The summed E-state index contributed by atoms with van der Waals surface area (Å²) >= 11 is 0. The van der Waals surface area contributed by atoms with Crippen LogP contribution in [0, 0.1) is 0 Å². The Morgan fingerprint density at radius 1 is 0.444 bits per heavy atom. The van der Waals surface area contributed by atoms with Gasteiger partial charge in [0.05, 0.1) is 41.1 Å². The van der Waals surface area contributed by atoms with Crippen molar-refractivity contribution in [3.05, 3.63) is 115 Å². The Kier molecular flexibility index (Phi) is 8.42. The molecule has 7 nitrogen and oxygen atoms in total. The SMILES string of the molecule is COc1ccc(-c2[o+]c3c(-c4ccc(N(c5ccccc5)c5ccccc5)cc4)c(OC)cc(OC)c3cc2OC)cc1OC. The van der Waals surface area contributed by atoms with E-state index in [-0.39, 0.29) is 0 Å². The molecule has 0 bridgehead atoms. The first-order chi connectivity index (χ1) is 22.1. The highest BCUT2D eigenvalue weighted by Gasteiger charge is 2.31. The number of nitrogens with zero attached hydrogens (tertiary/aromatic N) is 1. The number of para-hydroxylation sites is 2. The van der Waals surface area contributed by atoms with Crippen LogP contribution in [0.25, 0.3) is 33.4 Å². The topological polar surface area (TPSA) is 60.7 Å².